The Morgan fingerprint density at radius 3 is 2.90 bits per heavy atom. The van der Waals surface area contributed by atoms with Gasteiger partial charge in [0.15, 0.2) is 0 Å². The van der Waals surface area contributed by atoms with Crippen LogP contribution in [0.4, 0.5) is 5.82 Å². The van der Waals surface area contributed by atoms with Crippen LogP contribution in [0.5, 0.6) is 0 Å². The molecule has 0 aliphatic heterocycles. The average Bonchev–Trinajstić information content (AvgIpc) is 2.77. The van der Waals surface area contributed by atoms with Gasteiger partial charge >= 0.3 is 0 Å². The van der Waals surface area contributed by atoms with Gasteiger partial charge in [-0.05, 0) is 37.5 Å². The number of nitrogens with zero attached hydrogens (tertiary/aromatic N) is 2. The first-order chi connectivity index (χ1) is 9.78. The zero-order valence-electron chi connectivity index (χ0n) is 12.1. The lowest BCUT2D eigenvalue weighted by molar-refractivity contribution is 0.298. The fourth-order valence-electron chi connectivity index (χ4n) is 3.07. The molecule has 20 heavy (non-hydrogen) atoms. The Hall–Kier alpha value is -1.55. The van der Waals surface area contributed by atoms with Crippen molar-refractivity contribution in [2.24, 2.45) is 0 Å². The van der Waals surface area contributed by atoms with E-state index in [2.05, 4.69) is 40.0 Å². The van der Waals surface area contributed by atoms with Gasteiger partial charge in [-0.1, -0.05) is 19.3 Å². The molecule has 0 saturated heterocycles. The molecule has 1 aliphatic rings. The van der Waals surface area contributed by atoms with E-state index in [1.54, 1.807) is 0 Å². The first kappa shape index (κ1) is 13.4. The number of rotatable bonds is 4. The molecule has 0 unspecified atom stereocenters. The topological polar surface area (TPSA) is 49.6 Å². The van der Waals surface area contributed by atoms with Crippen molar-refractivity contribution in [2.45, 2.75) is 51.5 Å². The number of aliphatic hydroxyl groups excluding tert-OH is 1. The van der Waals surface area contributed by atoms with Gasteiger partial charge < -0.3 is 10.4 Å². The lowest BCUT2D eigenvalue weighted by atomic mass is 9.95. The Morgan fingerprint density at radius 2 is 2.15 bits per heavy atom. The molecule has 0 amide bonds. The van der Waals surface area contributed by atoms with Crippen LogP contribution in [0.15, 0.2) is 18.3 Å². The largest absolute Gasteiger partial charge is 0.396 e. The molecule has 3 rings (SSSR count). The monoisotopic (exact) mass is 273 g/mol. The quantitative estimate of drug-likeness (QED) is 0.900. The molecule has 1 saturated carbocycles. The zero-order chi connectivity index (χ0) is 13.9. The van der Waals surface area contributed by atoms with Crippen molar-refractivity contribution in [2.75, 3.05) is 11.9 Å². The number of aliphatic hydroxyl groups is 1. The van der Waals surface area contributed by atoms with Crippen LogP contribution in [-0.2, 0) is 6.42 Å². The van der Waals surface area contributed by atoms with Gasteiger partial charge in [-0.25, -0.2) is 4.98 Å². The van der Waals surface area contributed by atoms with Crippen LogP contribution in [0.3, 0.4) is 0 Å². The van der Waals surface area contributed by atoms with E-state index < -0.39 is 0 Å². The summed E-state index contributed by atoms with van der Waals surface area (Å²) in [6, 6.07) is 4.73. The number of fused-ring (bicyclic) bond motifs is 1. The lowest BCUT2D eigenvalue weighted by Gasteiger charge is -2.24. The number of hydrogen-bond donors (Lipinski definition) is 2. The molecule has 2 aromatic heterocycles. The second kappa shape index (κ2) is 5.83. The maximum absolute atomic E-state index is 9.25. The third-order valence-electron chi connectivity index (χ3n) is 4.15. The predicted octanol–water partition coefficient (Wildman–Crippen LogP) is 2.92. The number of imidazole rings is 1. The molecule has 2 heterocycles. The van der Waals surface area contributed by atoms with Gasteiger partial charge in [0.1, 0.15) is 11.5 Å². The summed E-state index contributed by atoms with van der Waals surface area (Å²) >= 11 is 0. The van der Waals surface area contributed by atoms with E-state index in [0.29, 0.717) is 12.5 Å². The number of aromatic nitrogens is 2. The molecular weight excluding hydrogens is 250 g/mol. The fourth-order valence-corrected chi connectivity index (χ4v) is 3.07. The highest BCUT2D eigenvalue weighted by Crippen LogP contribution is 2.25. The molecular formula is C16H23N3O. The molecule has 2 N–H and O–H groups in total. The minimum absolute atomic E-state index is 0.141. The second-order valence-electron chi connectivity index (χ2n) is 5.79. The van der Waals surface area contributed by atoms with Gasteiger partial charge in [0.25, 0.3) is 0 Å². The van der Waals surface area contributed by atoms with E-state index in [9.17, 15) is 5.11 Å². The summed E-state index contributed by atoms with van der Waals surface area (Å²) in [5.74, 6) is 1.07. The predicted molar refractivity (Wildman–Crippen MR) is 81.2 cm³/mol. The minimum Gasteiger partial charge on any atom is -0.396 e. The molecule has 0 aromatic carbocycles. The van der Waals surface area contributed by atoms with Crippen molar-refractivity contribution in [3.63, 3.8) is 0 Å². The van der Waals surface area contributed by atoms with Crippen molar-refractivity contribution in [3.8, 4) is 0 Å². The normalized spacial score (nSPS) is 16.7. The van der Waals surface area contributed by atoms with E-state index in [0.717, 1.165) is 17.2 Å². The van der Waals surface area contributed by atoms with Gasteiger partial charge in [-0.15, -0.1) is 0 Å². The van der Waals surface area contributed by atoms with Gasteiger partial charge in [-0.3, -0.25) is 4.40 Å². The van der Waals surface area contributed by atoms with E-state index >= 15 is 0 Å². The summed E-state index contributed by atoms with van der Waals surface area (Å²) in [6.07, 6.45) is 9.12. The molecule has 0 radical (unpaired) electrons. The first-order valence-electron chi connectivity index (χ1n) is 7.63. The Bertz CT molecular complexity index is 585. The highest BCUT2D eigenvalue weighted by Gasteiger charge is 2.18. The highest BCUT2D eigenvalue weighted by molar-refractivity contribution is 5.56. The number of aryl methyl sites for hydroxylation is 1. The van der Waals surface area contributed by atoms with E-state index in [4.69, 9.17) is 0 Å². The van der Waals surface area contributed by atoms with Crippen molar-refractivity contribution in [1.29, 1.82) is 0 Å². The standard InChI is InChI=1S/C16H23N3O/c1-12-7-9-19-15(11-12)18-14(8-10-20)16(19)17-13-5-3-2-4-6-13/h7,9,11,13,17,20H,2-6,8,10H2,1H3. The smallest absolute Gasteiger partial charge is 0.138 e. The molecule has 0 spiro atoms. The zero-order valence-corrected chi connectivity index (χ0v) is 12.1. The van der Waals surface area contributed by atoms with Crippen molar-refractivity contribution < 1.29 is 5.11 Å². The molecule has 2 aromatic rings. The van der Waals surface area contributed by atoms with Crippen LogP contribution >= 0.6 is 0 Å². The summed E-state index contributed by atoms with van der Waals surface area (Å²) in [5, 5.41) is 12.9. The van der Waals surface area contributed by atoms with Crippen molar-refractivity contribution in [1.82, 2.24) is 9.38 Å². The third kappa shape index (κ3) is 2.66. The molecule has 1 aliphatic carbocycles. The Kier molecular flexibility index (Phi) is 3.92. The van der Waals surface area contributed by atoms with Crippen molar-refractivity contribution >= 4 is 11.5 Å². The second-order valence-corrected chi connectivity index (χ2v) is 5.79. The van der Waals surface area contributed by atoms with Crippen LogP contribution in [0.1, 0.15) is 43.4 Å². The number of hydrogen-bond acceptors (Lipinski definition) is 3. The summed E-state index contributed by atoms with van der Waals surface area (Å²) in [7, 11) is 0. The summed E-state index contributed by atoms with van der Waals surface area (Å²) in [5.41, 5.74) is 3.15. The van der Waals surface area contributed by atoms with E-state index in [1.807, 2.05) is 0 Å². The van der Waals surface area contributed by atoms with E-state index in [1.165, 1.54) is 37.7 Å². The number of nitrogens with one attached hydrogen (secondary N) is 1. The molecule has 4 nitrogen and oxygen atoms in total. The Balaban J connectivity index is 1.95. The molecule has 4 heteroatoms. The average molecular weight is 273 g/mol. The molecule has 0 bridgehead atoms. The van der Waals surface area contributed by atoms with Crippen LogP contribution in [0.25, 0.3) is 5.65 Å². The number of pyridine rings is 1. The SMILES string of the molecule is Cc1ccn2c(NC3CCCCC3)c(CCO)nc2c1. The van der Waals surface area contributed by atoms with Crippen LogP contribution in [0, 0.1) is 6.92 Å². The molecule has 108 valence electrons. The first-order valence-corrected chi connectivity index (χ1v) is 7.63. The van der Waals surface area contributed by atoms with Crippen LogP contribution < -0.4 is 5.32 Å². The summed E-state index contributed by atoms with van der Waals surface area (Å²) in [6.45, 7) is 2.22. The highest BCUT2D eigenvalue weighted by atomic mass is 16.3. The summed E-state index contributed by atoms with van der Waals surface area (Å²) in [4.78, 5) is 4.67. The van der Waals surface area contributed by atoms with Crippen molar-refractivity contribution in [3.05, 3.63) is 29.6 Å². The van der Waals surface area contributed by atoms with Gasteiger partial charge in [0.05, 0.1) is 5.69 Å². The van der Waals surface area contributed by atoms with Gasteiger partial charge in [-0.2, -0.15) is 0 Å². The fraction of sp³-hybridized carbons (Fsp3) is 0.562. The maximum atomic E-state index is 9.25. The maximum Gasteiger partial charge on any atom is 0.138 e. The molecule has 1 fully saturated rings. The van der Waals surface area contributed by atoms with Gasteiger partial charge in [0.2, 0.25) is 0 Å². The third-order valence-corrected chi connectivity index (χ3v) is 4.15. The Morgan fingerprint density at radius 1 is 1.35 bits per heavy atom. The van der Waals surface area contributed by atoms with Gasteiger partial charge in [0, 0.05) is 25.3 Å². The van der Waals surface area contributed by atoms with E-state index in [-0.39, 0.29) is 6.61 Å². The Labute approximate surface area is 119 Å². The number of anilines is 1. The molecule has 0 atom stereocenters. The van der Waals surface area contributed by atoms with Crippen LogP contribution in [0.2, 0.25) is 0 Å². The summed E-state index contributed by atoms with van der Waals surface area (Å²) < 4.78 is 2.12. The minimum atomic E-state index is 0.141. The lowest BCUT2D eigenvalue weighted by Crippen LogP contribution is -2.23. The van der Waals surface area contributed by atoms with Crippen LogP contribution in [-0.4, -0.2) is 27.1 Å².